The molecule has 5 nitrogen and oxygen atoms in total. The minimum absolute atomic E-state index is 0.0642. The van der Waals surface area contributed by atoms with Crippen LogP contribution in [0.2, 0.25) is 0 Å². The molecule has 1 heterocycles. The largest absolute Gasteiger partial charge is 0.493 e. The maximum Gasteiger partial charge on any atom is 0.337 e. The van der Waals surface area contributed by atoms with Crippen LogP contribution in [0.1, 0.15) is 44.5 Å². The number of rotatable bonds is 6. The number of nitrogens with zero attached hydrogens (tertiary/aromatic N) is 1. The molecule has 0 aliphatic rings. The first-order valence-electron chi connectivity index (χ1n) is 7.37. The van der Waals surface area contributed by atoms with Gasteiger partial charge in [-0.1, -0.05) is 12.1 Å². The number of hydrogen-bond acceptors (Lipinski definition) is 4. The van der Waals surface area contributed by atoms with Gasteiger partial charge in [0.2, 0.25) is 0 Å². The van der Waals surface area contributed by atoms with E-state index in [1.54, 1.807) is 0 Å². The van der Waals surface area contributed by atoms with Gasteiger partial charge in [0, 0.05) is 12.6 Å². The molecule has 2 rings (SSSR count). The first-order valence-corrected chi connectivity index (χ1v) is 7.37. The molecule has 0 saturated heterocycles. The van der Waals surface area contributed by atoms with Gasteiger partial charge in [0.05, 0.1) is 12.2 Å². The van der Waals surface area contributed by atoms with E-state index in [0.717, 1.165) is 22.4 Å². The minimum atomic E-state index is -1.06. The predicted molar refractivity (Wildman–Crippen MR) is 86.3 cm³/mol. The van der Waals surface area contributed by atoms with Gasteiger partial charge in [0.25, 0.3) is 0 Å². The van der Waals surface area contributed by atoms with Crippen molar-refractivity contribution in [2.24, 2.45) is 0 Å². The van der Waals surface area contributed by atoms with Gasteiger partial charge in [0.15, 0.2) is 5.78 Å². The zero-order valence-electron chi connectivity index (χ0n) is 13.4. The highest BCUT2D eigenvalue weighted by Gasteiger charge is 2.13. The molecule has 1 aromatic carbocycles. The van der Waals surface area contributed by atoms with Crippen molar-refractivity contribution in [2.75, 3.05) is 6.61 Å². The van der Waals surface area contributed by atoms with Crippen LogP contribution < -0.4 is 4.74 Å². The lowest BCUT2D eigenvalue weighted by Crippen LogP contribution is -2.08. The Kier molecular flexibility index (Phi) is 5.11. The summed E-state index contributed by atoms with van der Waals surface area (Å²) in [4.78, 5) is 27.0. The number of aromatic nitrogens is 1. The van der Waals surface area contributed by atoms with Crippen molar-refractivity contribution in [1.82, 2.24) is 4.98 Å². The Hall–Kier alpha value is -2.69. The van der Waals surface area contributed by atoms with Crippen LogP contribution in [-0.2, 0) is 6.42 Å². The monoisotopic (exact) mass is 313 g/mol. The molecule has 0 spiro atoms. The summed E-state index contributed by atoms with van der Waals surface area (Å²) in [6, 6.07) is 6.69. The van der Waals surface area contributed by atoms with E-state index in [0.29, 0.717) is 6.61 Å². The summed E-state index contributed by atoms with van der Waals surface area (Å²) in [6.45, 7) is 6.43. The Labute approximate surface area is 134 Å². The molecular formula is C18H19NO4. The van der Waals surface area contributed by atoms with Gasteiger partial charge in [-0.2, -0.15) is 0 Å². The van der Waals surface area contributed by atoms with E-state index in [4.69, 9.17) is 9.84 Å². The second-order valence-electron chi connectivity index (χ2n) is 5.33. The molecular weight excluding hydrogens is 294 g/mol. The van der Waals surface area contributed by atoms with Gasteiger partial charge in [-0.15, -0.1) is 0 Å². The van der Waals surface area contributed by atoms with E-state index >= 15 is 0 Å². The lowest BCUT2D eigenvalue weighted by atomic mass is 10.0. The van der Waals surface area contributed by atoms with E-state index in [2.05, 4.69) is 4.98 Å². The third-order valence-electron chi connectivity index (χ3n) is 3.47. The number of carbonyl (C=O) groups excluding carboxylic acids is 1. The molecule has 2 aromatic rings. The average molecular weight is 313 g/mol. The fourth-order valence-electron chi connectivity index (χ4n) is 2.48. The number of carbonyl (C=O) groups is 2. The molecule has 0 saturated carbocycles. The van der Waals surface area contributed by atoms with Crippen molar-refractivity contribution >= 4 is 11.8 Å². The first-order chi connectivity index (χ1) is 10.9. The second kappa shape index (κ2) is 7.05. The Bertz CT molecular complexity index is 712. The van der Waals surface area contributed by atoms with Crippen LogP contribution in [0.5, 0.6) is 5.75 Å². The molecule has 1 N–H and O–H groups in total. The van der Waals surface area contributed by atoms with E-state index < -0.39 is 5.97 Å². The second-order valence-corrected chi connectivity index (χ2v) is 5.33. The van der Waals surface area contributed by atoms with Crippen LogP contribution in [0, 0.1) is 13.8 Å². The highest BCUT2D eigenvalue weighted by atomic mass is 16.5. The molecule has 0 aliphatic carbocycles. The van der Waals surface area contributed by atoms with Crippen molar-refractivity contribution in [3.63, 3.8) is 0 Å². The maximum absolute atomic E-state index is 12.3. The Balaban J connectivity index is 2.18. The number of ether oxygens (including phenoxy) is 1. The number of carboxylic acids is 1. The summed E-state index contributed by atoms with van der Waals surface area (Å²) in [6.07, 6.45) is 1.41. The lowest BCUT2D eigenvalue weighted by Gasteiger charge is -2.12. The van der Waals surface area contributed by atoms with Gasteiger partial charge in [-0.25, -0.2) is 4.79 Å². The van der Waals surface area contributed by atoms with Crippen LogP contribution in [0.4, 0.5) is 0 Å². The highest BCUT2D eigenvalue weighted by Crippen LogP contribution is 2.25. The molecule has 0 unspecified atom stereocenters. The third kappa shape index (κ3) is 3.94. The van der Waals surface area contributed by atoms with Gasteiger partial charge >= 0.3 is 5.97 Å². The van der Waals surface area contributed by atoms with E-state index in [1.165, 1.54) is 18.3 Å². The van der Waals surface area contributed by atoms with E-state index in [1.807, 2.05) is 32.9 Å². The van der Waals surface area contributed by atoms with E-state index in [9.17, 15) is 9.59 Å². The zero-order valence-corrected chi connectivity index (χ0v) is 13.4. The molecule has 0 fully saturated rings. The van der Waals surface area contributed by atoms with Crippen LogP contribution >= 0.6 is 0 Å². The van der Waals surface area contributed by atoms with Crippen LogP contribution in [-0.4, -0.2) is 28.4 Å². The summed E-state index contributed by atoms with van der Waals surface area (Å²) >= 11 is 0. The average Bonchev–Trinajstić information content (AvgIpc) is 2.51. The first kappa shape index (κ1) is 16.7. The molecule has 5 heteroatoms. The lowest BCUT2D eigenvalue weighted by molar-refractivity contribution is 0.0695. The quantitative estimate of drug-likeness (QED) is 0.829. The number of ketones is 1. The number of carboxylic acid groups (broad SMARTS) is 1. The number of aryl methyl sites for hydroxylation is 2. The molecule has 0 bridgehead atoms. The van der Waals surface area contributed by atoms with Crippen molar-refractivity contribution in [2.45, 2.75) is 27.2 Å². The molecule has 23 heavy (non-hydrogen) atoms. The van der Waals surface area contributed by atoms with Crippen LogP contribution in [0.25, 0.3) is 0 Å². The zero-order chi connectivity index (χ0) is 17.0. The number of hydrogen-bond donors (Lipinski definition) is 1. The van der Waals surface area contributed by atoms with Gasteiger partial charge < -0.3 is 9.84 Å². The van der Waals surface area contributed by atoms with Crippen LogP contribution in [0.3, 0.4) is 0 Å². The molecule has 0 atom stereocenters. The van der Waals surface area contributed by atoms with Crippen molar-refractivity contribution < 1.29 is 19.4 Å². The van der Waals surface area contributed by atoms with Crippen molar-refractivity contribution in [3.05, 3.63) is 58.4 Å². The summed E-state index contributed by atoms with van der Waals surface area (Å²) in [5.41, 5.74) is 3.19. The number of aromatic carboxylic acids is 1. The topological polar surface area (TPSA) is 76.5 Å². The predicted octanol–water partition coefficient (Wildman–Crippen LogP) is 3.22. The Morgan fingerprint density at radius 2 is 1.83 bits per heavy atom. The summed E-state index contributed by atoms with van der Waals surface area (Å²) in [5, 5.41) is 8.84. The fourth-order valence-corrected chi connectivity index (χ4v) is 2.48. The third-order valence-corrected chi connectivity index (χ3v) is 3.47. The maximum atomic E-state index is 12.3. The molecule has 0 radical (unpaired) electrons. The van der Waals surface area contributed by atoms with Crippen LogP contribution in [0.15, 0.2) is 30.5 Å². The van der Waals surface area contributed by atoms with Gasteiger partial charge in [-0.3, -0.25) is 9.78 Å². The molecule has 0 amide bonds. The number of Topliss-reactive ketones (excluding diaryl/α,β-unsaturated/α-hetero) is 1. The summed E-state index contributed by atoms with van der Waals surface area (Å²) in [7, 11) is 0. The van der Waals surface area contributed by atoms with Gasteiger partial charge in [0.1, 0.15) is 11.4 Å². The Morgan fingerprint density at radius 3 is 2.30 bits per heavy atom. The molecule has 120 valence electrons. The van der Waals surface area contributed by atoms with Crippen molar-refractivity contribution in [3.8, 4) is 5.75 Å². The number of pyridine rings is 1. The molecule has 1 aromatic heterocycles. The Morgan fingerprint density at radius 1 is 1.17 bits per heavy atom. The SMILES string of the molecule is CCOc1c(C)cc(CC(=O)c2ccc(C(=O)O)cn2)cc1C. The number of benzene rings is 1. The fraction of sp³-hybridized carbons (Fsp3) is 0.278. The summed E-state index contributed by atoms with van der Waals surface area (Å²) < 4.78 is 5.59. The normalized spacial score (nSPS) is 10.4. The smallest absolute Gasteiger partial charge is 0.337 e. The minimum Gasteiger partial charge on any atom is -0.493 e. The van der Waals surface area contributed by atoms with Crippen molar-refractivity contribution in [1.29, 1.82) is 0 Å². The van der Waals surface area contributed by atoms with E-state index in [-0.39, 0.29) is 23.5 Å². The van der Waals surface area contributed by atoms with Gasteiger partial charge in [-0.05, 0) is 49.6 Å². The highest BCUT2D eigenvalue weighted by molar-refractivity contribution is 5.96. The standard InChI is InChI=1S/C18H19NO4/c1-4-23-17-11(2)7-13(8-12(17)3)9-16(20)15-6-5-14(10-19-15)18(21)22/h5-8,10H,4,9H2,1-3H3,(H,21,22). The summed E-state index contributed by atoms with van der Waals surface area (Å²) in [5.74, 6) is -0.355. The molecule has 0 aliphatic heterocycles.